The van der Waals surface area contributed by atoms with Crippen molar-refractivity contribution in [3.05, 3.63) is 69.9 Å². The van der Waals surface area contributed by atoms with Crippen LogP contribution in [-0.2, 0) is 5.75 Å². The third-order valence-electron chi connectivity index (χ3n) is 4.07. The van der Waals surface area contributed by atoms with E-state index in [9.17, 15) is 5.26 Å². The van der Waals surface area contributed by atoms with Gasteiger partial charge in [0.2, 0.25) is 11.6 Å². The van der Waals surface area contributed by atoms with E-state index in [1.165, 1.54) is 23.1 Å². The zero-order chi connectivity index (χ0) is 21.1. The van der Waals surface area contributed by atoms with E-state index in [1.54, 1.807) is 30.1 Å². The number of nitrogens with zero attached hydrogens (tertiary/aromatic N) is 5. The maximum absolute atomic E-state index is 9.77. The van der Waals surface area contributed by atoms with Crippen LogP contribution in [0.25, 0.3) is 26.7 Å². The van der Waals surface area contributed by atoms with Gasteiger partial charge in [0.05, 0.1) is 23.3 Å². The highest BCUT2D eigenvalue weighted by Gasteiger charge is 2.22. The molecule has 0 saturated carbocycles. The van der Waals surface area contributed by atoms with Crippen molar-refractivity contribution >= 4 is 46.2 Å². The van der Waals surface area contributed by atoms with Crippen LogP contribution in [-0.4, -0.2) is 15.0 Å². The Balaban J connectivity index is 1.64. The molecular weight excluding hydrogens is 440 g/mol. The van der Waals surface area contributed by atoms with E-state index in [1.807, 2.05) is 12.1 Å². The monoisotopic (exact) mass is 450 g/mol. The lowest BCUT2D eigenvalue weighted by Crippen LogP contribution is -1.99. The van der Waals surface area contributed by atoms with Gasteiger partial charge in [-0.15, -0.1) is 11.3 Å². The van der Waals surface area contributed by atoms with Crippen LogP contribution in [0.1, 0.15) is 11.3 Å². The lowest BCUT2D eigenvalue weighted by molar-refractivity contribution is 0.573. The van der Waals surface area contributed by atoms with Crippen molar-refractivity contribution in [3.63, 3.8) is 0 Å². The van der Waals surface area contributed by atoms with Crippen LogP contribution in [0.15, 0.2) is 51.7 Å². The molecular formula is C20H11ClN6OS2. The van der Waals surface area contributed by atoms with Crippen molar-refractivity contribution in [2.24, 2.45) is 0 Å². The van der Waals surface area contributed by atoms with Crippen LogP contribution in [0.3, 0.4) is 0 Å². The Morgan fingerprint density at radius 1 is 1.30 bits per heavy atom. The number of hydrogen-bond donors (Lipinski definition) is 1. The molecule has 3 heterocycles. The van der Waals surface area contributed by atoms with E-state index in [-0.39, 0.29) is 11.5 Å². The molecule has 10 heteroatoms. The molecule has 0 bridgehead atoms. The first-order chi connectivity index (χ1) is 14.6. The lowest BCUT2D eigenvalue weighted by atomic mass is 10.1. The number of nitriles is 1. The quantitative estimate of drug-likeness (QED) is 0.302. The summed E-state index contributed by atoms with van der Waals surface area (Å²) in [5.74, 6) is 0.971. The maximum Gasteiger partial charge on any atom is 0.237 e. The Bertz CT molecular complexity index is 1290. The van der Waals surface area contributed by atoms with Gasteiger partial charge in [-0.05, 0) is 24.3 Å². The molecule has 4 aromatic rings. The van der Waals surface area contributed by atoms with Crippen LogP contribution in [0.4, 0.5) is 11.5 Å². The summed E-state index contributed by atoms with van der Waals surface area (Å²) >= 11 is 8.55. The molecule has 0 amide bonds. The number of anilines is 1. The van der Waals surface area contributed by atoms with Gasteiger partial charge < -0.3 is 10.2 Å². The van der Waals surface area contributed by atoms with Crippen molar-refractivity contribution in [2.75, 3.05) is 5.73 Å². The number of aromatic nitrogens is 3. The number of halogens is 1. The van der Waals surface area contributed by atoms with E-state index in [0.717, 1.165) is 5.56 Å². The number of nitrogens with two attached hydrogens (primary N) is 1. The van der Waals surface area contributed by atoms with Crippen molar-refractivity contribution in [1.82, 2.24) is 15.0 Å². The molecule has 0 aliphatic heterocycles. The van der Waals surface area contributed by atoms with Crippen LogP contribution < -0.4 is 5.73 Å². The van der Waals surface area contributed by atoms with E-state index in [2.05, 4.69) is 25.9 Å². The fraction of sp³-hybridized carbons (Fsp3) is 0.0500. The number of rotatable bonds is 5. The summed E-state index contributed by atoms with van der Waals surface area (Å²) in [6.45, 7) is 7.45. The number of thioether (sulfide) groups is 1. The fourth-order valence-electron chi connectivity index (χ4n) is 2.71. The second-order valence-corrected chi connectivity index (χ2v) is 8.22. The predicted octanol–water partition coefficient (Wildman–Crippen LogP) is 5.81. The third-order valence-corrected chi connectivity index (χ3v) is 6.12. The lowest BCUT2D eigenvalue weighted by Gasteiger charge is -2.11. The summed E-state index contributed by atoms with van der Waals surface area (Å²) in [4.78, 5) is 17.0. The first kappa shape index (κ1) is 19.9. The molecule has 146 valence electrons. The second kappa shape index (κ2) is 8.56. The van der Waals surface area contributed by atoms with Gasteiger partial charge in [-0.2, -0.15) is 5.26 Å². The number of pyridine rings is 1. The topological polar surface area (TPSA) is 106 Å². The van der Waals surface area contributed by atoms with Gasteiger partial charge in [-0.1, -0.05) is 23.4 Å². The molecule has 7 nitrogen and oxygen atoms in total. The minimum Gasteiger partial charge on any atom is -0.444 e. The summed E-state index contributed by atoms with van der Waals surface area (Å²) < 4.78 is 5.55. The van der Waals surface area contributed by atoms with E-state index in [0.29, 0.717) is 43.4 Å². The molecule has 30 heavy (non-hydrogen) atoms. The number of nitrogen functional groups attached to an aromatic ring is 1. The second-order valence-electron chi connectivity index (χ2n) is 5.93. The Morgan fingerprint density at radius 3 is 2.77 bits per heavy atom. The Kier molecular flexibility index (Phi) is 5.68. The van der Waals surface area contributed by atoms with E-state index < -0.39 is 0 Å². The molecule has 0 fully saturated rings. The van der Waals surface area contributed by atoms with Crippen molar-refractivity contribution in [3.8, 4) is 28.0 Å². The molecule has 2 N–H and O–H groups in total. The van der Waals surface area contributed by atoms with Crippen LogP contribution >= 0.6 is 34.7 Å². The van der Waals surface area contributed by atoms with Crippen molar-refractivity contribution in [1.29, 1.82) is 5.26 Å². The number of benzene rings is 1. The average molecular weight is 451 g/mol. The fourth-order valence-corrected chi connectivity index (χ4v) is 4.38. The minimum absolute atomic E-state index is 0.0805. The number of thiazole rings is 1. The zero-order valence-corrected chi connectivity index (χ0v) is 17.6. The van der Waals surface area contributed by atoms with Crippen LogP contribution in [0.2, 0.25) is 5.02 Å². The van der Waals surface area contributed by atoms with Gasteiger partial charge in [-0.3, -0.25) is 4.98 Å². The highest BCUT2D eigenvalue weighted by molar-refractivity contribution is 7.98. The van der Waals surface area contributed by atoms with Gasteiger partial charge in [0, 0.05) is 33.0 Å². The average Bonchev–Trinajstić information content (AvgIpc) is 3.44. The van der Waals surface area contributed by atoms with Gasteiger partial charge in [0.1, 0.15) is 23.2 Å². The standard InChI is InChI=1S/C20H11ClN6OS2/c1-24-17-16(15-7-25-10-30-15)14(6-22)20(27-18(17)23)29-9-13-8-28-19(26-13)11-2-4-12(21)5-3-11/h2-5,7-8,10H,9H2,(H2,23,27). The van der Waals surface area contributed by atoms with E-state index >= 15 is 0 Å². The highest BCUT2D eigenvalue weighted by atomic mass is 35.5. The molecule has 0 saturated heterocycles. The molecule has 4 rings (SSSR count). The van der Waals surface area contributed by atoms with Gasteiger partial charge in [0.25, 0.3) is 0 Å². The maximum atomic E-state index is 9.77. The summed E-state index contributed by atoms with van der Waals surface area (Å²) in [7, 11) is 0. The molecule has 0 radical (unpaired) electrons. The van der Waals surface area contributed by atoms with Gasteiger partial charge in [0.15, 0.2) is 0 Å². The summed E-state index contributed by atoms with van der Waals surface area (Å²) in [6.07, 6.45) is 3.17. The predicted molar refractivity (Wildman–Crippen MR) is 117 cm³/mol. The number of oxazole rings is 1. The van der Waals surface area contributed by atoms with Crippen LogP contribution in [0.5, 0.6) is 0 Å². The Hall–Kier alpha value is -3.37. The van der Waals surface area contributed by atoms with Crippen LogP contribution in [0, 0.1) is 17.9 Å². The smallest absolute Gasteiger partial charge is 0.237 e. The highest BCUT2D eigenvalue weighted by Crippen LogP contribution is 2.42. The Labute approximate surface area is 185 Å². The van der Waals surface area contributed by atoms with E-state index in [4.69, 9.17) is 28.3 Å². The number of hydrogen-bond acceptors (Lipinski definition) is 8. The third kappa shape index (κ3) is 3.87. The minimum atomic E-state index is 0.0805. The summed E-state index contributed by atoms with van der Waals surface area (Å²) in [5, 5.41) is 10.8. The zero-order valence-electron chi connectivity index (χ0n) is 15.2. The largest absolute Gasteiger partial charge is 0.444 e. The summed E-state index contributed by atoms with van der Waals surface area (Å²) in [5.41, 5.74) is 10.1. The SMILES string of the molecule is [C-]#[N+]c1c(N)nc(SCc2coc(-c3ccc(Cl)cc3)n2)c(C#N)c1-c1cncs1. The van der Waals surface area contributed by atoms with Gasteiger partial charge >= 0.3 is 0 Å². The molecule has 1 aromatic carbocycles. The van der Waals surface area contributed by atoms with Gasteiger partial charge in [-0.25, -0.2) is 14.8 Å². The summed E-state index contributed by atoms with van der Waals surface area (Å²) in [6, 6.07) is 9.35. The normalized spacial score (nSPS) is 10.5. The first-order valence-electron chi connectivity index (χ1n) is 8.43. The first-order valence-corrected chi connectivity index (χ1v) is 10.7. The van der Waals surface area contributed by atoms with Crippen molar-refractivity contribution < 1.29 is 4.42 Å². The molecule has 0 unspecified atom stereocenters. The molecule has 0 aliphatic carbocycles. The molecule has 0 spiro atoms. The molecule has 0 aliphatic rings. The van der Waals surface area contributed by atoms with Crippen molar-refractivity contribution in [2.45, 2.75) is 10.8 Å². The molecule has 3 aromatic heterocycles. The Morgan fingerprint density at radius 2 is 2.10 bits per heavy atom. The molecule has 0 atom stereocenters.